The molecule has 314 valence electrons. The molecule has 2 atom stereocenters. The number of fused-ring (bicyclic) bond motifs is 2. The molecule has 60 heavy (non-hydrogen) atoms. The SMILES string of the molecule is Cc1cc2c(C(C)C)c(O)c(O)c(/C=N/N3CCCC3Cc3ccco3)c2c(O)c1-c1c(C)cc2c(C(C)C)c(O)c(O)c(/C=N/N3CCCC3Cc3ccco3)c2c1O. The predicted octanol–water partition coefficient (Wildman–Crippen LogP) is 10.0. The van der Waals surface area contributed by atoms with E-state index < -0.39 is 11.5 Å². The van der Waals surface area contributed by atoms with Gasteiger partial charge in [0.2, 0.25) is 0 Å². The molecule has 0 radical (unpaired) electrons. The van der Waals surface area contributed by atoms with Gasteiger partial charge >= 0.3 is 0 Å². The van der Waals surface area contributed by atoms with Crippen LogP contribution in [0.15, 0.2) is 68.0 Å². The van der Waals surface area contributed by atoms with Crippen molar-refractivity contribution in [3.8, 4) is 45.6 Å². The molecule has 6 aromatic rings. The number of benzene rings is 4. The number of nitrogens with zero attached hydrogens (tertiary/aromatic N) is 4. The number of hydrogen-bond donors (Lipinski definition) is 6. The van der Waals surface area contributed by atoms with Crippen molar-refractivity contribution >= 4 is 34.0 Å². The molecule has 0 saturated carbocycles. The molecule has 4 heterocycles. The van der Waals surface area contributed by atoms with Crippen molar-refractivity contribution in [2.75, 3.05) is 13.1 Å². The summed E-state index contributed by atoms with van der Waals surface area (Å²) in [4.78, 5) is 0. The first-order chi connectivity index (χ1) is 28.8. The maximum Gasteiger partial charge on any atom is 0.167 e. The van der Waals surface area contributed by atoms with Gasteiger partial charge in [-0.05, 0) is 97.5 Å². The minimum absolute atomic E-state index is 0.0598. The first-order valence-electron chi connectivity index (χ1n) is 20.9. The minimum atomic E-state index is -0.408. The van der Waals surface area contributed by atoms with E-state index in [1.54, 1.807) is 12.5 Å². The summed E-state index contributed by atoms with van der Waals surface area (Å²) in [5.74, 6) is -0.581. The second kappa shape index (κ2) is 16.0. The number of phenols is 6. The molecular weight excluding hydrogens is 761 g/mol. The normalized spacial score (nSPS) is 17.4. The van der Waals surface area contributed by atoms with Gasteiger partial charge in [-0.3, -0.25) is 10.0 Å². The van der Waals surface area contributed by atoms with Gasteiger partial charge in [-0.2, -0.15) is 10.2 Å². The van der Waals surface area contributed by atoms with Gasteiger partial charge in [-0.15, -0.1) is 0 Å². The number of hydrazone groups is 2. The molecule has 2 saturated heterocycles. The Hall–Kier alpha value is -6.30. The van der Waals surface area contributed by atoms with Crippen molar-refractivity contribution in [1.29, 1.82) is 0 Å². The highest BCUT2D eigenvalue weighted by molar-refractivity contribution is 6.15. The van der Waals surface area contributed by atoms with Gasteiger partial charge in [0.25, 0.3) is 0 Å². The van der Waals surface area contributed by atoms with Crippen LogP contribution < -0.4 is 0 Å². The number of aryl methyl sites for hydroxylation is 2. The maximum atomic E-state index is 12.6. The van der Waals surface area contributed by atoms with Crippen LogP contribution >= 0.6 is 0 Å². The van der Waals surface area contributed by atoms with Crippen molar-refractivity contribution < 1.29 is 39.5 Å². The molecule has 4 aromatic carbocycles. The number of hydrogen-bond acceptors (Lipinski definition) is 12. The molecule has 12 nitrogen and oxygen atoms in total. The van der Waals surface area contributed by atoms with Crippen LogP contribution in [0.4, 0.5) is 0 Å². The number of aromatic hydroxyl groups is 6. The second-order valence-corrected chi connectivity index (χ2v) is 17.0. The summed E-state index contributed by atoms with van der Waals surface area (Å²) in [5, 5.41) is 86.7. The number of phenolic OH excluding ortho intramolecular Hbond substituents is 6. The molecule has 0 amide bonds. The third-order valence-electron chi connectivity index (χ3n) is 12.4. The summed E-state index contributed by atoms with van der Waals surface area (Å²) in [6.45, 7) is 12.6. The minimum Gasteiger partial charge on any atom is -0.507 e. The molecule has 0 spiro atoms. The summed E-state index contributed by atoms with van der Waals surface area (Å²) in [5.41, 5.74) is 3.04. The Morgan fingerprint density at radius 1 is 0.617 bits per heavy atom. The van der Waals surface area contributed by atoms with Gasteiger partial charge < -0.3 is 39.5 Å². The molecular formula is C48H54N4O8. The molecule has 0 bridgehead atoms. The van der Waals surface area contributed by atoms with Crippen LogP contribution in [-0.2, 0) is 12.8 Å². The largest absolute Gasteiger partial charge is 0.507 e. The molecule has 2 aromatic heterocycles. The highest BCUT2D eigenvalue weighted by Crippen LogP contribution is 2.54. The van der Waals surface area contributed by atoms with Crippen LogP contribution in [0, 0.1) is 13.8 Å². The van der Waals surface area contributed by atoms with Crippen molar-refractivity contribution in [3.05, 3.63) is 93.8 Å². The van der Waals surface area contributed by atoms with Crippen molar-refractivity contribution in [3.63, 3.8) is 0 Å². The zero-order valence-corrected chi connectivity index (χ0v) is 35.0. The zero-order chi connectivity index (χ0) is 42.6. The summed E-state index contributed by atoms with van der Waals surface area (Å²) in [6, 6.07) is 11.4. The quantitative estimate of drug-likeness (QED) is 0.0545. The molecule has 2 aliphatic rings. The first-order valence-corrected chi connectivity index (χ1v) is 20.9. The van der Waals surface area contributed by atoms with Crippen molar-refractivity contribution in [1.82, 2.24) is 10.0 Å². The summed E-state index contributed by atoms with van der Waals surface area (Å²) in [6.07, 6.45) is 11.3. The Labute approximate surface area is 349 Å². The van der Waals surface area contributed by atoms with E-state index in [2.05, 4.69) is 0 Å². The van der Waals surface area contributed by atoms with Gasteiger partial charge in [-0.25, -0.2) is 0 Å². The summed E-state index contributed by atoms with van der Waals surface area (Å²) >= 11 is 0. The van der Waals surface area contributed by atoms with Gasteiger partial charge in [0.05, 0.1) is 48.2 Å². The third-order valence-corrected chi connectivity index (χ3v) is 12.4. The van der Waals surface area contributed by atoms with E-state index in [0.717, 1.165) is 37.2 Å². The lowest BCUT2D eigenvalue weighted by Crippen LogP contribution is -2.26. The lowest BCUT2D eigenvalue weighted by molar-refractivity contribution is 0.256. The zero-order valence-electron chi connectivity index (χ0n) is 35.0. The molecule has 8 rings (SSSR count). The fraction of sp³-hybridized carbons (Fsp3) is 0.375. The van der Waals surface area contributed by atoms with Gasteiger partial charge in [0.15, 0.2) is 23.0 Å². The van der Waals surface area contributed by atoms with E-state index in [0.29, 0.717) is 70.1 Å². The van der Waals surface area contributed by atoms with E-state index in [4.69, 9.17) is 19.0 Å². The van der Waals surface area contributed by atoms with Crippen LogP contribution in [0.3, 0.4) is 0 Å². The smallest absolute Gasteiger partial charge is 0.167 e. The highest BCUT2D eigenvalue weighted by atomic mass is 16.3. The highest BCUT2D eigenvalue weighted by Gasteiger charge is 2.31. The average Bonchev–Trinajstić information content (AvgIpc) is 4.05. The Balaban J connectivity index is 1.32. The monoisotopic (exact) mass is 814 g/mol. The number of rotatable bonds is 11. The van der Waals surface area contributed by atoms with Crippen LogP contribution in [0.1, 0.15) is 110 Å². The molecule has 2 fully saturated rings. The van der Waals surface area contributed by atoms with Crippen molar-refractivity contribution in [2.24, 2.45) is 10.2 Å². The number of furan rings is 2. The van der Waals surface area contributed by atoms with Gasteiger partial charge in [0.1, 0.15) is 23.0 Å². The van der Waals surface area contributed by atoms with E-state index in [1.807, 2.05) is 88.0 Å². The second-order valence-electron chi connectivity index (χ2n) is 17.0. The standard InChI is InChI=1S/C48H54N4O8/c1-25(2)37-33-19-27(5)39(45(55)41(33)35(43(53)47(37)57)23-49-51-15-7-11-29(51)21-31-13-9-17-59-31)40-28(6)20-34-38(26(3)4)48(58)44(54)36(42(34)46(40)56)24-50-52-16-8-12-30(52)22-32-14-10-18-60-32/h9-10,13-14,17-20,23-26,29-30,53-58H,7-8,11-12,15-16,21-22H2,1-6H3/b49-23+,50-24+. The van der Waals surface area contributed by atoms with Crippen molar-refractivity contribution in [2.45, 2.75) is 104 Å². The maximum absolute atomic E-state index is 12.6. The van der Waals surface area contributed by atoms with Gasteiger partial charge in [0, 0.05) is 59.0 Å². The lowest BCUT2D eigenvalue weighted by atomic mass is 9.83. The molecule has 2 unspecified atom stereocenters. The fourth-order valence-corrected chi connectivity index (χ4v) is 9.57. The Bertz CT molecular complexity index is 2450. The summed E-state index contributed by atoms with van der Waals surface area (Å²) in [7, 11) is 0. The Morgan fingerprint density at radius 3 is 1.37 bits per heavy atom. The molecule has 0 aliphatic carbocycles. The topological polar surface area (TPSA) is 179 Å². The average molecular weight is 815 g/mol. The fourth-order valence-electron chi connectivity index (χ4n) is 9.57. The van der Waals surface area contributed by atoms with E-state index >= 15 is 0 Å². The first kappa shape index (κ1) is 40.5. The van der Waals surface area contributed by atoms with Crippen LogP contribution in [0.5, 0.6) is 34.5 Å². The summed E-state index contributed by atoms with van der Waals surface area (Å²) < 4.78 is 11.2. The van der Waals surface area contributed by atoms with Crippen LogP contribution in [0.2, 0.25) is 0 Å². The molecule has 2 aliphatic heterocycles. The van der Waals surface area contributed by atoms with E-state index in [9.17, 15) is 30.6 Å². The molecule has 12 heteroatoms. The Morgan fingerprint density at radius 2 is 1.02 bits per heavy atom. The third kappa shape index (κ3) is 7.01. The van der Waals surface area contributed by atoms with Gasteiger partial charge in [-0.1, -0.05) is 39.8 Å². The van der Waals surface area contributed by atoms with E-state index in [-0.39, 0.29) is 68.8 Å². The predicted molar refractivity (Wildman–Crippen MR) is 234 cm³/mol. The Kier molecular flexibility index (Phi) is 10.8. The van der Waals surface area contributed by atoms with Crippen LogP contribution in [0.25, 0.3) is 32.7 Å². The molecule has 6 N–H and O–H groups in total. The van der Waals surface area contributed by atoms with E-state index in [1.165, 1.54) is 12.4 Å². The lowest BCUT2D eigenvalue weighted by Gasteiger charge is -2.24. The van der Waals surface area contributed by atoms with Crippen LogP contribution in [-0.4, -0.2) is 78.3 Å².